The summed E-state index contributed by atoms with van der Waals surface area (Å²) >= 11 is 24.3. The van der Waals surface area contributed by atoms with Crippen LogP contribution in [-0.4, -0.2) is 124 Å². The van der Waals surface area contributed by atoms with Gasteiger partial charge < -0.3 is 64.2 Å². The SMILES string of the molecule is CNC(=O)c1cc(Cl)c(O)cc1OC[C@@H](O)CN1CCC2(CC1)Cc1cc(Cl)ccc1O2.CNC(=O)c1cc(Cl)c(OCc2ccc(OC)cc2)cc1OC[C@@H]1CO1.Clc1ccc2c(c1)CC1(CCNCC1)O2. The number of carbonyl (C=O) groups is 2. The van der Waals surface area contributed by atoms with Crippen LogP contribution in [0.25, 0.3) is 0 Å². The van der Waals surface area contributed by atoms with E-state index in [1.54, 1.807) is 26.3 Å². The largest absolute Gasteiger partial charge is 0.506 e. The lowest BCUT2D eigenvalue weighted by molar-refractivity contribution is -0.00200. The molecule has 10 rings (SSSR count). The number of methoxy groups -OCH3 is 1. The summed E-state index contributed by atoms with van der Waals surface area (Å²) in [5, 5.41) is 30.7. The second-order valence-electron chi connectivity index (χ2n) is 18.6. The minimum Gasteiger partial charge on any atom is -0.506 e. The topological polar surface area (TPSA) is 182 Å². The molecule has 15 nitrogen and oxygen atoms in total. The standard InChI is InChI=1S/C23H26Cl2N2O5.C19H20ClNO5.C12H14ClNO/c1-26-22(30)17-9-18(25)19(29)10-21(17)31-13-16(28)12-27-6-4-23(5-7-27)11-14-8-15(24)2-3-20(14)32-23;1-21-19(22)15-7-16(20)18(8-17(15)26-11-14-10-24-14)25-9-12-3-5-13(23-2)6-4-12;13-10-1-2-11-9(7-10)8-12(15-11)3-5-14-6-4-12/h2-3,8-10,16,28-29H,4-7,11-13H2,1H3,(H,26,30);3-8,14H,9-11H2,1-2H3,(H,21,22);1-2,7,14H,3-6,8H2/t16-;14-;/m00./s1. The molecule has 3 fully saturated rings. The number of nitrogens with one attached hydrogen (secondary N) is 3. The van der Waals surface area contributed by atoms with Gasteiger partial charge in [-0.15, -0.1) is 0 Å². The van der Waals surface area contributed by atoms with Crippen LogP contribution in [0.2, 0.25) is 20.1 Å². The van der Waals surface area contributed by atoms with Crippen LogP contribution in [-0.2, 0) is 24.2 Å². The second kappa shape index (κ2) is 24.3. The molecule has 0 saturated carbocycles. The van der Waals surface area contributed by atoms with Crippen LogP contribution in [0.4, 0.5) is 0 Å². The van der Waals surface area contributed by atoms with Gasteiger partial charge in [0, 0.05) is 81.6 Å². The highest BCUT2D eigenvalue weighted by Gasteiger charge is 2.43. The quantitative estimate of drug-likeness (QED) is 0.0667. The van der Waals surface area contributed by atoms with Gasteiger partial charge >= 0.3 is 0 Å². The number of epoxide rings is 1. The number of fused-ring (bicyclic) bond motifs is 2. The average molecular weight is 1080 g/mol. The molecule has 0 aliphatic carbocycles. The molecule has 0 bridgehead atoms. The Hall–Kier alpha value is -5.36. The molecule has 5 heterocycles. The van der Waals surface area contributed by atoms with Gasteiger partial charge in [-0.1, -0.05) is 58.5 Å². The highest BCUT2D eigenvalue weighted by Crippen LogP contribution is 2.43. The molecule has 5 aromatic carbocycles. The molecule has 5 aliphatic heterocycles. The fourth-order valence-electron chi connectivity index (χ4n) is 9.21. The normalized spacial score (nSPS) is 18.0. The minimum absolute atomic E-state index is 0.0207. The molecule has 2 spiro atoms. The first-order valence-corrected chi connectivity index (χ1v) is 25.7. The number of benzene rings is 5. The van der Waals surface area contributed by atoms with E-state index in [0.717, 1.165) is 103 Å². The average Bonchev–Trinajstić information content (AvgIpc) is 4.07. The second-order valence-corrected chi connectivity index (χ2v) is 20.3. The number of carbonyl (C=O) groups excluding carboxylic acids is 2. The number of β-amino-alcohol motifs (C(OH)–C–C–N with tert-alkyl or cyclic N) is 1. The number of ether oxygens (including phenoxy) is 7. The number of rotatable bonds is 14. The molecule has 0 radical (unpaired) electrons. The van der Waals surface area contributed by atoms with Crippen LogP contribution in [0.15, 0.2) is 84.9 Å². The van der Waals surface area contributed by atoms with Crippen LogP contribution in [0, 0.1) is 0 Å². The first-order valence-electron chi connectivity index (χ1n) is 24.2. The first-order chi connectivity index (χ1) is 35.2. The maximum Gasteiger partial charge on any atom is 0.254 e. The number of aromatic hydroxyl groups is 1. The lowest BCUT2D eigenvalue weighted by Gasteiger charge is -2.39. The van der Waals surface area contributed by atoms with Gasteiger partial charge in [-0.05, 0) is 103 Å². The molecular weight excluding hydrogens is 1020 g/mol. The predicted molar refractivity (Wildman–Crippen MR) is 280 cm³/mol. The molecule has 2 amide bonds. The molecule has 390 valence electrons. The summed E-state index contributed by atoms with van der Waals surface area (Å²) in [4.78, 5) is 26.3. The highest BCUT2D eigenvalue weighted by molar-refractivity contribution is 6.33. The molecule has 5 N–H and O–H groups in total. The number of piperidine rings is 2. The van der Waals surface area contributed by atoms with E-state index in [1.165, 1.54) is 24.7 Å². The van der Waals surface area contributed by atoms with Crippen LogP contribution in [0.3, 0.4) is 0 Å². The summed E-state index contributed by atoms with van der Waals surface area (Å²) < 4.78 is 39.8. The molecule has 5 aliphatic rings. The lowest BCUT2D eigenvalue weighted by atomic mass is 9.87. The van der Waals surface area contributed by atoms with Crippen molar-refractivity contribution in [3.63, 3.8) is 0 Å². The monoisotopic (exact) mass is 1080 g/mol. The molecule has 2 atom stereocenters. The van der Waals surface area contributed by atoms with Gasteiger partial charge in [-0.2, -0.15) is 0 Å². The summed E-state index contributed by atoms with van der Waals surface area (Å²) in [7, 11) is 4.66. The molecule has 0 aromatic heterocycles. The maximum absolute atomic E-state index is 12.1. The van der Waals surface area contributed by atoms with Gasteiger partial charge in [0.05, 0.1) is 34.9 Å². The lowest BCUT2D eigenvalue weighted by Crippen LogP contribution is -2.49. The number of likely N-dealkylation sites (tertiary alicyclic amines) is 1. The molecule has 19 heteroatoms. The van der Waals surface area contributed by atoms with Crippen molar-refractivity contribution in [2.24, 2.45) is 0 Å². The Morgan fingerprint density at radius 1 is 0.740 bits per heavy atom. The summed E-state index contributed by atoms with van der Waals surface area (Å²) in [6, 6.07) is 25.0. The highest BCUT2D eigenvalue weighted by atomic mass is 35.5. The zero-order valence-electron chi connectivity index (χ0n) is 40.9. The Morgan fingerprint density at radius 2 is 1.30 bits per heavy atom. The van der Waals surface area contributed by atoms with Crippen LogP contribution in [0.1, 0.15) is 63.1 Å². The molecular formula is C54H60Cl4N4O11. The van der Waals surface area contributed by atoms with Crippen LogP contribution < -0.4 is 44.4 Å². The first kappa shape index (κ1) is 53.9. The fraction of sp³-hybridized carbons (Fsp3) is 0.407. The number of phenols is 1. The molecule has 73 heavy (non-hydrogen) atoms. The van der Waals surface area contributed by atoms with E-state index in [0.29, 0.717) is 48.5 Å². The van der Waals surface area contributed by atoms with Gasteiger partial charge in [-0.25, -0.2) is 0 Å². The van der Waals surface area contributed by atoms with Crippen molar-refractivity contribution >= 4 is 58.2 Å². The van der Waals surface area contributed by atoms with Gasteiger partial charge in [0.15, 0.2) is 0 Å². The zero-order valence-corrected chi connectivity index (χ0v) is 43.9. The van der Waals surface area contributed by atoms with Gasteiger partial charge in [0.1, 0.15) is 83.5 Å². The van der Waals surface area contributed by atoms with Gasteiger partial charge in [0.2, 0.25) is 0 Å². The Bertz CT molecular complexity index is 2730. The van der Waals surface area contributed by atoms with E-state index in [-0.39, 0.29) is 51.9 Å². The van der Waals surface area contributed by atoms with Crippen molar-refractivity contribution in [1.29, 1.82) is 0 Å². The van der Waals surface area contributed by atoms with Crippen LogP contribution >= 0.6 is 46.4 Å². The van der Waals surface area contributed by atoms with Crippen molar-refractivity contribution in [2.75, 3.05) is 73.7 Å². The number of hydrogen-bond donors (Lipinski definition) is 5. The van der Waals surface area contributed by atoms with E-state index in [1.807, 2.05) is 60.7 Å². The Kier molecular flexibility index (Phi) is 18.0. The summed E-state index contributed by atoms with van der Waals surface area (Å²) in [6.45, 7) is 5.50. The number of hydrogen-bond acceptors (Lipinski definition) is 13. The predicted octanol–water partition coefficient (Wildman–Crippen LogP) is 8.73. The number of amides is 2. The fourth-order valence-corrected chi connectivity index (χ4v) is 9.98. The molecule has 0 unspecified atom stereocenters. The smallest absolute Gasteiger partial charge is 0.254 e. The third-order valence-corrected chi connectivity index (χ3v) is 14.4. The van der Waals surface area contributed by atoms with Crippen LogP contribution in [0.5, 0.6) is 40.2 Å². The van der Waals surface area contributed by atoms with Gasteiger partial charge in [0.25, 0.3) is 11.8 Å². The van der Waals surface area contributed by atoms with E-state index >= 15 is 0 Å². The minimum atomic E-state index is -0.764. The number of phenolic OH excluding ortho intramolecular Hbond substituents is 1. The van der Waals surface area contributed by atoms with Crippen molar-refractivity contribution in [2.45, 2.75) is 68.5 Å². The van der Waals surface area contributed by atoms with Crippen molar-refractivity contribution in [3.05, 3.63) is 133 Å². The number of aliphatic hydroxyl groups excluding tert-OH is 1. The summed E-state index contributed by atoms with van der Waals surface area (Å²) in [6.07, 6.45) is 5.09. The summed E-state index contributed by atoms with van der Waals surface area (Å²) in [5.74, 6) is 2.88. The number of nitrogens with zero attached hydrogens (tertiary/aromatic N) is 1. The molecule has 3 saturated heterocycles. The van der Waals surface area contributed by atoms with Crippen molar-refractivity contribution < 1.29 is 53.0 Å². The number of halogens is 4. The van der Waals surface area contributed by atoms with Crippen molar-refractivity contribution in [1.82, 2.24) is 20.9 Å². The van der Waals surface area contributed by atoms with Gasteiger partial charge in [-0.3, -0.25) is 9.59 Å². The van der Waals surface area contributed by atoms with Crippen molar-refractivity contribution in [3.8, 4) is 40.2 Å². The number of aliphatic hydroxyl groups is 1. The Balaban J connectivity index is 0.000000155. The summed E-state index contributed by atoms with van der Waals surface area (Å²) in [5.41, 5.74) is 3.79. The molecule has 5 aromatic rings. The van der Waals surface area contributed by atoms with E-state index in [2.05, 4.69) is 20.9 Å². The third-order valence-electron chi connectivity index (χ3n) is 13.3. The zero-order chi connectivity index (χ0) is 51.7. The van der Waals surface area contributed by atoms with E-state index in [4.69, 9.17) is 79.6 Å². The van der Waals surface area contributed by atoms with E-state index in [9.17, 15) is 19.8 Å². The Labute approximate surface area is 445 Å². The maximum atomic E-state index is 12.1. The Morgan fingerprint density at radius 3 is 1.86 bits per heavy atom. The van der Waals surface area contributed by atoms with E-state index < -0.39 is 12.0 Å². The third kappa shape index (κ3) is 14.1.